The number of carboxylic acid groups (broad SMARTS) is 1. The maximum Gasteiger partial charge on any atom is 0.372 e. The van der Waals surface area contributed by atoms with Crippen LogP contribution in [0.15, 0.2) is 10.5 Å². The number of carboxylic acids is 1. The van der Waals surface area contributed by atoms with Gasteiger partial charge in [-0.3, -0.25) is 0 Å². The van der Waals surface area contributed by atoms with Crippen LogP contribution in [-0.4, -0.2) is 11.1 Å². The van der Waals surface area contributed by atoms with Crippen LogP contribution in [0, 0.1) is 24.7 Å². The molecule has 3 nitrogen and oxygen atoms in total. The molecule has 3 heteroatoms. The van der Waals surface area contributed by atoms with E-state index >= 15 is 0 Å². The quantitative estimate of drug-likeness (QED) is 0.881. The topological polar surface area (TPSA) is 50.4 Å². The molecule has 19 heavy (non-hydrogen) atoms. The Morgan fingerprint density at radius 1 is 1.21 bits per heavy atom. The van der Waals surface area contributed by atoms with E-state index in [1.807, 2.05) is 13.0 Å². The van der Waals surface area contributed by atoms with E-state index in [0.29, 0.717) is 0 Å². The average molecular weight is 260 g/mol. The molecule has 0 saturated heterocycles. The Kier molecular flexibility index (Phi) is 2.22. The van der Waals surface area contributed by atoms with Crippen molar-refractivity contribution in [2.45, 2.75) is 50.9 Å². The van der Waals surface area contributed by atoms with Crippen molar-refractivity contribution in [2.75, 3.05) is 0 Å². The largest absolute Gasteiger partial charge is 0.475 e. The van der Waals surface area contributed by atoms with Gasteiger partial charge >= 0.3 is 5.97 Å². The van der Waals surface area contributed by atoms with Gasteiger partial charge in [-0.25, -0.2) is 4.79 Å². The fourth-order valence-corrected chi connectivity index (χ4v) is 5.37. The van der Waals surface area contributed by atoms with Crippen LogP contribution in [0.25, 0.3) is 0 Å². The summed E-state index contributed by atoms with van der Waals surface area (Å²) >= 11 is 0. The SMILES string of the molecule is Cc1cc(C23CC4CC(CC(C4)C2)C3)oc1C(=O)O. The first-order chi connectivity index (χ1) is 9.06. The van der Waals surface area contributed by atoms with Gasteiger partial charge in [0.25, 0.3) is 0 Å². The summed E-state index contributed by atoms with van der Waals surface area (Å²) in [6.07, 6.45) is 7.82. The number of furan rings is 1. The highest BCUT2D eigenvalue weighted by atomic mass is 16.4. The van der Waals surface area contributed by atoms with Crippen LogP contribution in [0.1, 0.15) is 60.4 Å². The van der Waals surface area contributed by atoms with Crippen molar-refractivity contribution in [1.82, 2.24) is 0 Å². The van der Waals surface area contributed by atoms with Crippen LogP contribution in [0.5, 0.6) is 0 Å². The fraction of sp³-hybridized carbons (Fsp3) is 0.688. The van der Waals surface area contributed by atoms with Gasteiger partial charge < -0.3 is 9.52 Å². The summed E-state index contributed by atoms with van der Waals surface area (Å²) in [4.78, 5) is 11.2. The summed E-state index contributed by atoms with van der Waals surface area (Å²) in [6.45, 7) is 1.84. The molecule has 4 saturated carbocycles. The molecule has 0 radical (unpaired) electrons. The van der Waals surface area contributed by atoms with E-state index in [0.717, 1.165) is 29.1 Å². The van der Waals surface area contributed by atoms with Gasteiger partial charge in [-0.15, -0.1) is 0 Å². The molecule has 5 rings (SSSR count). The second-order valence-corrected chi connectivity index (χ2v) is 7.13. The highest BCUT2D eigenvalue weighted by Crippen LogP contribution is 2.61. The molecule has 1 aromatic heterocycles. The van der Waals surface area contributed by atoms with Crippen LogP contribution in [0.2, 0.25) is 0 Å². The maximum absolute atomic E-state index is 11.2. The van der Waals surface area contributed by atoms with Gasteiger partial charge in [0.1, 0.15) is 5.76 Å². The van der Waals surface area contributed by atoms with Crippen LogP contribution < -0.4 is 0 Å². The normalized spacial score (nSPS) is 39.7. The predicted octanol–water partition coefficient (Wildman–Crippen LogP) is 3.75. The molecule has 4 fully saturated rings. The second kappa shape index (κ2) is 3.65. The molecule has 0 amide bonds. The van der Waals surface area contributed by atoms with Gasteiger partial charge in [-0.2, -0.15) is 0 Å². The zero-order valence-corrected chi connectivity index (χ0v) is 11.3. The number of hydrogen-bond acceptors (Lipinski definition) is 2. The first kappa shape index (κ1) is 11.6. The average Bonchev–Trinajstić information content (AvgIpc) is 2.70. The molecule has 0 aromatic carbocycles. The van der Waals surface area contributed by atoms with E-state index in [4.69, 9.17) is 9.52 Å². The molecule has 0 aliphatic heterocycles. The van der Waals surface area contributed by atoms with Gasteiger partial charge in [0.05, 0.1) is 0 Å². The zero-order chi connectivity index (χ0) is 13.2. The van der Waals surface area contributed by atoms with Gasteiger partial charge in [-0.05, 0) is 69.3 Å². The van der Waals surface area contributed by atoms with Gasteiger partial charge in [0.2, 0.25) is 5.76 Å². The van der Waals surface area contributed by atoms with Crippen molar-refractivity contribution < 1.29 is 14.3 Å². The minimum Gasteiger partial charge on any atom is -0.475 e. The van der Waals surface area contributed by atoms with Crippen molar-refractivity contribution >= 4 is 5.97 Å². The van der Waals surface area contributed by atoms with E-state index < -0.39 is 5.97 Å². The molecule has 1 heterocycles. The van der Waals surface area contributed by atoms with E-state index in [2.05, 4.69) is 0 Å². The van der Waals surface area contributed by atoms with Crippen LogP contribution in [0.4, 0.5) is 0 Å². The van der Waals surface area contributed by atoms with Crippen LogP contribution >= 0.6 is 0 Å². The monoisotopic (exact) mass is 260 g/mol. The Hall–Kier alpha value is -1.25. The lowest BCUT2D eigenvalue weighted by molar-refractivity contribution is -0.0156. The Bertz CT molecular complexity index is 505. The number of aryl methyl sites for hydroxylation is 1. The standard InChI is InChI=1S/C16H20O3/c1-9-2-13(19-14(9)15(17)18)16-6-10-3-11(7-16)5-12(4-10)8-16/h2,10-12H,3-8H2,1H3,(H,17,18). The molecule has 4 aliphatic carbocycles. The number of hydrogen-bond donors (Lipinski definition) is 1. The van der Waals surface area contributed by atoms with Gasteiger partial charge in [0, 0.05) is 11.0 Å². The molecular weight excluding hydrogens is 240 g/mol. The molecule has 4 aliphatic rings. The minimum absolute atomic E-state index is 0.144. The van der Waals surface area contributed by atoms with E-state index in [1.165, 1.54) is 38.5 Å². The second-order valence-electron chi connectivity index (χ2n) is 7.13. The Balaban J connectivity index is 1.75. The first-order valence-electron chi connectivity index (χ1n) is 7.40. The van der Waals surface area contributed by atoms with Crippen molar-refractivity contribution in [3.8, 4) is 0 Å². The van der Waals surface area contributed by atoms with Crippen molar-refractivity contribution in [3.05, 3.63) is 23.2 Å². The highest BCUT2D eigenvalue weighted by Gasteiger charge is 2.53. The molecule has 1 N–H and O–H groups in total. The Morgan fingerprint density at radius 3 is 2.16 bits per heavy atom. The lowest BCUT2D eigenvalue weighted by Crippen LogP contribution is -2.48. The summed E-state index contributed by atoms with van der Waals surface area (Å²) in [5, 5.41) is 9.17. The molecule has 0 spiro atoms. The summed E-state index contributed by atoms with van der Waals surface area (Å²) in [6, 6.07) is 2.00. The fourth-order valence-electron chi connectivity index (χ4n) is 5.37. The maximum atomic E-state index is 11.2. The van der Waals surface area contributed by atoms with Crippen molar-refractivity contribution in [2.24, 2.45) is 17.8 Å². The highest BCUT2D eigenvalue weighted by molar-refractivity contribution is 5.86. The van der Waals surface area contributed by atoms with Gasteiger partial charge in [0.15, 0.2) is 0 Å². The molecule has 1 aromatic rings. The lowest BCUT2D eigenvalue weighted by atomic mass is 9.49. The molecular formula is C16H20O3. The smallest absolute Gasteiger partial charge is 0.372 e. The Morgan fingerprint density at radius 2 is 1.74 bits per heavy atom. The van der Waals surface area contributed by atoms with Crippen molar-refractivity contribution in [1.29, 1.82) is 0 Å². The van der Waals surface area contributed by atoms with E-state index in [1.54, 1.807) is 0 Å². The summed E-state index contributed by atoms with van der Waals surface area (Å²) in [7, 11) is 0. The number of rotatable bonds is 2. The molecule has 102 valence electrons. The Labute approximate surface area is 113 Å². The van der Waals surface area contributed by atoms with Crippen molar-refractivity contribution in [3.63, 3.8) is 0 Å². The summed E-state index contributed by atoms with van der Waals surface area (Å²) in [5.41, 5.74) is 0.936. The first-order valence-corrected chi connectivity index (χ1v) is 7.40. The van der Waals surface area contributed by atoms with E-state index in [9.17, 15) is 4.79 Å². The third-order valence-electron chi connectivity index (χ3n) is 5.67. The predicted molar refractivity (Wildman–Crippen MR) is 70.3 cm³/mol. The molecule has 0 atom stereocenters. The third-order valence-corrected chi connectivity index (χ3v) is 5.67. The minimum atomic E-state index is -0.937. The van der Waals surface area contributed by atoms with Crippen LogP contribution in [-0.2, 0) is 5.41 Å². The summed E-state index contributed by atoms with van der Waals surface area (Å²) in [5.74, 6) is 2.72. The van der Waals surface area contributed by atoms with Crippen LogP contribution in [0.3, 0.4) is 0 Å². The molecule has 0 unspecified atom stereocenters. The molecule has 4 bridgehead atoms. The number of carbonyl (C=O) groups is 1. The van der Waals surface area contributed by atoms with Gasteiger partial charge in [-0.1, -0.05) is 0 Å². The van der Waals surface area contributed by atoms with E-state index in [-0.39, 0.29) is 11.2 Å². The zero-order valence-electron chi connectivity index (χ0n) is 11.3. The number of aromatic carboxylic acids is 1. The third kappa shape index (κ3) is 1.60. The summed E-state index contributed by atoms with van der Waals surface area (Å²) < 4.78 is 5.76. The lowest BCUT2D eigenvalue weighted by Gasteiger charge is -2.55.